The van der Waals surface area contributed by atoms with Crippen LogP contribution in [0.1, 0.15) is 33.9 Å². The van der Waals surface area contributed by atoms with Gasteiger partial charge in [0.05, 0.1) is 20.3 Å². The number of hydrogen-bond acceptors (Lipinski definition) is 5. The molecule has 0 aromatic heterocycles. The number of amides is 1. The molecule has 0 saturated carbocycles. The van der Waals surface area contributed by atoms with Crippen LogP contribution in [0.3, 0.4) is 0 Å². The Hall–Kier alpha value is -3.71. The summed E-state index contributed by atoms with van der Waals surface area (Å²) >= 11 is 0. The average molecular weight is 489 g/mol. The van der Waals surface area contributed by atoms with Gasteiger partial charge in [0.1, 0.15) is 18.1 Å². The standard InChI is InChI=1S/C29H29FN2O4/c1-35-27-14-20-11-12-32(26(18-33)23(20)15-28(27)36-2)29(34)25-13-19-7-3-4-8-21(19)16-31(25)17-22-9-5-6-10-24(22)30/h3-10,14-15,18,25-26H,11-13,16-17H2,1-2H3/t25?,26-/m1/s1. The van der Waals surface area contributed by atoms with Crippen molar-refractivity contribution in [3.05, 3.63) is 94.3 Å². The lowest BCUT2D eigenvalue weighted by Crippen LogP contribution is -2.53. The molecule has 0 spiro atoms. The van der Waals surface area contributed by atoms with E-state index in [2.05, 4.69) is 6.07 Å². The minimum Gasteiger partial charge on any atom is -0.493 e. The summed E-state index contributed by atoms with van der Waals surface area (Å²) < 4.78 is 25.4. The molecule has 6 nitrogen and oxygen atoms in total. The third-order valence-corrected chi connectivity index (χ3v) is 7.30. The topological polar surface area (TPSA) is 59.1 Å². The van der Waals surface area contributed by atoms with Crippen molar-refractivity contribution in [2.24, 2.45) is 0 Å². The monoisotopic (exact) mass is 488 g/mol. The molecule has 0 fully saturated rings. The van der Waals surface area contributed by atoms with E-state index >= 15 is 0 Å². The maximum atomic E-state index is 14.5. The minimum absolute atomic E-state index is 0.127. The van der Waals surface area contributed by atoms with Crippen LogP contribution in [0, 0.1) is 5.82 Å². The van der Waals surface area contributed by atoms with Crippen LogP contribution in [0.25, 0.3) is 0 Å². The fourth-order valence-electron chi connectivity index (χ4n) is 5.39. The summed E-state index contributed by atoms with van der Waals surface area (Å²) in [4.78, 5) is 30.1. The Morgan fingerprint density at radius 3 is 2.42 bits per heavy atom. The highest BCUT2D eigenvalue weighted by atomic mass is 19.1. The highest BCUT2D eigenvalue weighted by Gasteiger charge is 2.39. The molecular formula is C29H29FN2O4. The van der Waals surface area contributed by atoms with E-state index in [0.29, 0.717) is 49.5 Å². The lowest BCUT2D eigenvalue weighted by Gasteiger charge is -2.42. The van der Waals surface area contributed by atoms with Crippen molar-refractivity contribution in [2.75, 3.05) is 20.8 Å². The van der Waals surface area contributed by atoms with Crippen LogP contribution in [0.2, 0.25) is 0 Å². The highest BCUT2D eigenvalue weighted by Crippen LogP contribution is 2.38. The van der Waals surface area contributed by atoms with E-state index in [-0.39, 0.29) is 11.7 Å². The Morgan fingerprint density at radius 1 is 1.00 bits per heavy atom. The summed E-state index contributed by atoms with van der Waals surface area (Å²) in [5.74, 6) is 0.699. The summed E-state index contributed by atoms with van der Waals surface area (Å²) in [7, 11) is 3.12. The first kappa shape index (κ1) is 24.0. The lowest BCUT2D eigenvalue weighted by molar-refractivity contribution is -0.143. The smallest absolute Gasteiger partial charge is 0.241 e. The summed E-state index contributed by atoms with van der Waals surface area (Å²) in [6.45, 7) is 1.25. The maximum Gasteiger partial charge on any atom is 0.241 e. The molecule has 2 aliphatic rings. The van der Waals surface area contributed by atoms with Crippen molar-refractivity contribution < 1.29 is 23.5 Å². The molecule has 0 N–H and O–H groups in total. The number of ether oxygens (including phenoxy) is 2. The van der Waals surface area contributed by atoms with E-state index in [4.69, 9.17) is 9.47 Å². The van der Waals surface area contributed by atoms with Gasteiger partial charge in [-0.2, -0.15) is 0 Å². The maximum absolute atomic E-state index is 14.5. The first-order chi connectivity index (χ1) is 17.5. The molecule has 36 heavy (non-hydrogen) atoms. The molecule has 7 heteroatoms. The van der Waals surface area contributed by atoms with Crippen molar-refractivity contribution in [1.29, 1.82) is 0 Å². The number of aldehydes is 1. The SMILES string of the molecule is COc1cc2c(cc1OC)[C@@H](C=O)N(C(=O)C1Cc3ccccc3CN1Cc1ccccc1F)CC2. The molecule has 1 amide bonds. The van der Waals surface area contributed by atoms with Gasteiger partial charge < -0.3 is 19.2 Å². The molecule has 2 heterocycles. The Morgan fingerprint density at radius 2 is 1.69 bits per heavy atom. The number of carbonyl (C=O) groups is 2. The number of nitrogens with zero attached hydrogens (tertiary/aromatic N) is 2. The quantitative estimate of drug-likeness (QED) is 0.489. The fourth-order valence-corrected chi connectivity index (χ4v) is 5.39. The molecule has 0 saturated heterocycles. The Labute approximate surface area is 210 Å². The number of methoxy groups -OCH3 is 2. The Balaban J connectivity index is 1.49. The van der Waals surface area contributed by atoms with Crippen molar-refractivity contribution in [1.82, 2.24) is 9.80 Å². The Bertz CT molecular complexity index is 1290. The lowest BCUT2D eigenvalue weighted by atomic mass is 9.89. The molecule has 0 radical (unpaired) electrons. The van der Waals surface area contributed by atoms with Crippen molar-refractivity contribution in [3.8, 4) is 11.5 Å². The molecule has 0 bridgehead atoms. The van der Waals surface area contributed by atoms with Crippen LogP contribution >= 0.6 is 0 Å². The second-order valence-electron chi connectivity index (χ2n) is 9.25. The van der Waals surface area contributed by atoms with Crippen LogP contribution in [0.5, 0.6) is 11.5 Å². The van der Waals surface area contributed by atoms with Crippen LogP contribution in [-0.4, -0.2) is 48.8 Å². The molecule has 2 aliphatic heterocycles. The van der Waals surface area contributed by atoms with E-state index in [0.717, 1.165) is 28.5 Å². The zero-order chi connectivity index (χ0) is 25.2. The second kappa shape index (κ2) is 10.1. The van der Waals surface area contributed by atoms with Crippen LogP contribution in [0.4, 0.5) is 4.39 Å². The molecule has 186 valence electrons. The fraction of sp³-hybridized carbons (Fsp3) is 0.310. The molecule has 3 aromatic rings. The number of fused-ring (bicyclic) bond motifs is 2. The molecular weight excluding hydrogens is 459 g/mol. The van der Waals surface area contributed by atoms with Gasteiger partial charge in [0.15, 0.2) is 11.5 Å². The zero-order valence-electron chi connectivity index (χ0n) is 20.4. The largest absolute Gasteiger partial charge is 0.493 e. The van der Waals surface area contributed by atoms with Crippen LogP contribution < -0.4 is 9.47 Å². The van der Waals surface area contributed by atoms with Crippen LogP contribution in [0.15, 0.2) is 60.7 Å². The summed E-state index contributed by atoms with van der Waals surface area (Å²) in [6.07, 6.45) is 1.92. The number of halogens is 1. The number of rotatable bonds is 6. The van der Waals surface area contributed by atoms with E-state index < -0.39 is 12.1 Å². The van der Waals surface area contributed by atoms with Gasteiger partial charge in [-0.3, -0.25) is 9.69 Å². The predicted octanol–water partition coefficient (Wildman–Crippen LogP) is 4.09. The molecule has 0 aliphatic carbocycles. The third kappa shape index (κ3) is 4.35. The minimum atomic E-state index is -0.728. The predicted molar refractivity (Wildman–Crippen MR) is 133 cm³/mol. The number of hydrogen-bond donors (Lipinski definition) is 0. The van der Waals surface area contributed by atoms with Gasteiger partial charge in [-0.1, -0.05) is 42.5 Å². The first-order valence-corrected chi connectivity index (χ1v) is 12.1. The molecule has 1 unspecified atom stereocenters. The summed E-state index contributed by atoms with van der Waals surface area (Å²) in [5, 5.41) is 0. The van der Waals surface area contributed by atoms with E-state index in [9.17, 15) is 14.0 Å². The van der Waals surface area contributed by atoms with E-state index in [1.54, 1.807) is 43.4 Å². The summed E-state index contributed by atoms with van der Waals surface area (Å²) in [5.41, 5.74) is 4.49. The molecule has 5 rings (SSSR count). The van der Waals surface area contributed by atoms with Gasteiger partial charge in [0, 0.05) is 25.2 Å². The van der Waals surface area contributed by atoms with Crippen molar-refractivity contribution >= 4 is 12.2 Å². The van der Waals surface area contributed by atoms with Gasteiger partial charge in [0.2, 0.25) is 5.91 Å². The van der Waals surface area contributed by atoms with Gasteiger partial charge in [-0.15, -0.1) is 0 Å². The molecule has 3 aromatic carbocycles. The van der Waals surface area contributed by atoms with Crippen molar-refractivity contribution in [3.63, 3.8) is 0 Å². The third-order valence-electron chi connectivity index (χ3n) is 7.30. The van der Waals surface area contributed by atoms with Gasteiger partial charge in [-0.25, -0.2) is 4.39 Å². The van der Waals surface area contributed by atoms with E-state index in [1.807, 2.05) is 29.2 Å². The number of benzene rings is 3. The van der Waals surface area contributed by atoms with Gasteiger partial charge in [0.25, 0.3) is 0 Å². The normalized spacial score (nSPS) is 19.2. The summed E-state index contributed by atoms with van der Waals surface area (Å²) in [6, 6.07) is 17.1. The second-order valence-corrected chi connectivity index (χ2v) is 9.25. The highest BCUT2D eigenvalue weighted by molar-refractivity contribution is 5.86. The van der Waals surface area contributed by atoms with E-state index in [1.165, 1.54) is 6.07 Å². The van der Waals surface area contributed by atoms with Gasteiger partial charge in [-0.05, 0) is 53.3 Å². The first-order valence-electron chi connectivity index (χ1n) is 12.1. The zero-order valence-corrected chi connectivity index (χ0v) is 20.4. The van der Waals surface area contributed by atoms with Crippen molar-refractivity contribution in [2.45, 2.75) is 38.0 Å². The Kier molecular flexibility index (Phi) is 6.74. The molecule has 2 atom stereocenters. The van der Waals surface area contributed by atoms with Gasteiger partial charge >= 0.3 is 0 Å². The van der Waals surface area contributed by atoms with Crippen LogP contribution in [-0.2, 0) is 35.5 Å². The average Bonchev–Trinajstić information content (AvgIpc) is 2.92. The number of carbonyl (C=O) groups excluding carboxylic acids is 2.